The van der Waals surface area contributed by atoms with Gasteiger partial charge in [0.2, 0.25) is 5.91 Å². The van der Waals surface area contributed by atoms with Gasteiger partial charge in [-0.05, 0) is 73.5 Å². The highest BCUT2D eigenvalue weighted by Gasteiger charge is 2.43. The van der Waals surface area contributed by atoms with Crippen molar-refractivity contribution in [3.63, 3.8) is 0 Å². The van der Waals surface area contributed by atoms with Gasteiger partial charge in [0.05, 0.1) is 31.8 Å². The van der Waals surface area contributed by atoms with Gasteiger partial charge in [-0.15, -0.1) is 0 Å². The molecule has 3 aliphatic rings. The predicted molar refractivity (Wildman–Crippen MR) is 219 cm³/mol. The number of hydrogen-bond donors (Lipinski definition) is 2. The summed E-state index contributed by atoms with van der Waals surface area (Å²) in [5, 5.41) is 12.2. The van der Waals surface area contributed by atoms with E-state index in [1.165, 1.54) is 4.90 Å². The number of aliphatic hydroxyl groups excluding tert-OH is 1. The van der Waals surface area contributed by atoms with Crippen molar-refractivity contribution in [3.05, 3.63) is 131 Å². The Labute approximate surface area is 345 Å². The second-order valence-electron chi connectivity index (χ2n) is 16.6. The van der Waals surface area contributed by atoms with Crippen molar-refractivity contribution in [3.8, 4) is 11.1 Å². The second-order valence-corrected chi connectivity index (χ2v) is 16.6. The summed E-state index contributed by atoms with van der Waals surface area (Å²) in [7, 11) is 0. The fourth-order valence-corrected chi connectivity index (χ4v) is 8.04. The number of carbonyl (C=O) groups is 4. The monoisotopic (exact) mass is 803 g/mol. The Morgan fingerprint density at radius 3 is 2.27 bits per heavy atom. The SMILES string of the molecule is C[C@H]1[C@@H](CN2CCC[C@H]2C(=O)OC(C)(C)C)O[C@@H](c2ccc(-c3ccccc3CN3C(=O)CC(NC(=O)OCc4ccccc4)C3=O)cc2)O[C@H]1c1ccc(CO)cc1. The number of likely N-dealkylation sites (tertiary alicyclic amines) is 2. The van der Waals surface area contributed by atoms with Crippen LogP contribution in [0.2, 0.25) is 0 Å². The third-order valence-electron chi connectivity index (χ3n) is 11.2. The topological polar surface area (TPSA) is 144 Å². The van der Waals surface area contributed by atoms with Gasteiger partial charge in [0, 0.05) is 18.0 Å². The number of esters is 1. The maximum atomic E-state index is 13.4. The Hall–Kier alpha value is -5.40. The number of carbonyl (C=O) groups excluding carboxylic acids is 4. The number of hydrogen-bond acceptors (Lipinski definition) is 10. The number of imide groups is 1. The van der Waals surface area contributed by atoms with E-state index < -0.39 is 29.9 Å². The second kappa shape index (κ2) is 18.3. The molecule has 12 heteroatoms. The molecule has 3 saturated heterocycles. The van der Waals surface area contributed by atoms with Gasteiger partial charge in [-0.25, -0.2) is 4.79 Å². The van der Waals surface area contributed by atoms with Crippen LogP contribution in [0.5, 0.6) is 0 Å². The van der Waals surface area contributed by atoms with E-state index in [0.29, 0.717) is 6.54 Å². The van der Waals surface area contributed by atoms with Crippen molar-refractivity contribution in [1.29, 1.82) is 0 Å². The van der Waals surface area contributed by atoms with Crippen LogP contribution in [0.15, 0.2) is 103 Å². The minimum absolute atomic E-state index is 0.0405. The fraction of sp³-hybridized carbons (Fsp3) is 0.404. The lowest BCUT2D eigenvalue weighted by molar-refractivity contribution is -0.276. The number of aliphatic hydroxyl groups is 1. The molecule has 0 bridgehead atoms. The van der Waals surface area contributed by atoms with Crippen molar-refractivity contribution < 1.29 is 43.2 Å². The molecule has 310 valence electrons. The number of alkyl carbamates (subject to hydrolysis) is 1. The Kier molecular flexibility index (Phi) is 12.9. The van der Waals surface area contributed by atoms with Crippen LogP contribution in [-0.2, 0) is 53.1 Å². The molecule has 6 atom stereocenters. The van der Waals surface area contributed by atoms with Gasteiger partial charge in [0.1, 0.15) is 24.3 Å². The molecule has 4 aromatic rings. The highest BCUT2D eigenvalue weighted by molar-refractivity contribution is 6.06. The minimum Gasteiger partial charge on any atom is -0.459 e. The van der Waals surface area contributed by atoms with Crippen LogP contribution in [-0.4, -0.2) is 75.7 Å². The van der Waals surface area contributed by atoms with Crippen LogP contribution >= 0.6 is 0 Å². The third kappa shape index (κ3) is 10.1. The number of nitrogens with one attached hydrogen (secondary N) is 1. The first-order valence-electron chi connectivity index (χ1n) is 20.3. The largest absolute Gasteiger partial charge is 0.459 e. The molecule has 1 unspecified atom stereocenters. The number of benzene rings is 4. The van der Waals surface area contributed by atoms with Gasteiger partial charge in [-0.2, -0.15) is 0 Å². The first-order valence-corrected chi connectivity index (χ1v) is 20.3. The van der Waals surface area contributed by atoms with Crippen molar-refractivity contribution >= 4 is 23.9 Å². The highest BCUT2D eigenvalue weighted by Crippen LogP contribution is 2.43. The molecule has 4 aromatic carbocycles. The van der Waals surface area contributed by atoms with Gasteiger partial charge >= 0.3 is 12.1 Å². The molecule has 7 rings (SSSR count). The smallest absolute Gasteiger partial charge is 0.408 e. The summed E-state index contributed by atoms with van der Waals surface area (Å²) in [6.45, 7) is 9.08. The Morgan fingerprint density at radius 1 is 0.864 bits per heavy atom. The third-order valence-corrected chi connectivity index (χ3v) is 11.2. The van der Waals surface area contributed by atoms with Gasteiger partial charge < -0.3 is 29.4 Å². The first-order chi connectivity index (χ1) is 28.4. The van der Waals surface area contributed by atoms with Crippen molar-refractivity contribution in [1.82, 2.24) is 15.1 Å². The number of amides is 3. The van der Waals surface area contributed by atoms with E-state index in [2.05, 4.69) is 17.1 Å². The molecule has 3 amide bonds. The lowest BCUT2D eigenvalue weighted by Crippen LogP contribution is -2.48. The van der Waals surface area contributed by atoms with Crippen LogP contribution in [0.25, 0.3) is 11.1 Å². The van der Waals surface area contributed by atoms with Crippen molar-refractivity contribution in [2.24, 2.45) is 5.92 Å². The molecule has 0 saturated carbocycles. The summed E-state index contributed by atoms with van der Waals surface area (Å²) >= 11 is 0. The molecule has 0 spiro atoms. The molecule has 0 aromatic heterocycles. The standard InChI is InChI=1S/C47H53N3O9/c1-30-40(27-49-24-10-15-39(49)44(54)59-47(2,3)4)57-45(58-42(30)34-18-16-31(28-51)17-19-34)35-22-20-33(21-23-35)37-14-9-8-13-36(37)26-50-41(52)25-38(43(50)53)48-46(55)56-29-32-11-6-5-7-12-32/h5-9,11-14,16-23,30,38-40,42,45,51H,10,15,24-29H2,1-4H3,(H,48,55)/t30-,38?,39-,40+,42+,45+/m0/s1. The lowest BCUT2D eigenvalue weighted by atomic mass is 9.89. The Balaban J connectivity index is 1.06. The van der Waals surface area contributed by atoms with Crippen LogP contribution in [0.4, 0.5) is 4.79 Å². The van der Waals surface area contributed by atoms with Crippen LogP contribution in [0.1, 0.15) is 87.2 Å². The average molecular weight is 804 g/mol. The van der Waals surface area contributed by atoms with E-state index in [1.54, 1.807) is 0 Å². The zero-order valence-electron chi connectivity index (χ0n) is 34.0. The minimum atomic E-state index is -1.01. The Morgan fingerprint density at radius 2 is 1.56 bits per heavy atom. The molecule has 3 fully saturated rings. The first kappa shape index (κ1) is 41.7. The molecular formula is C47H53N3O9. The molecule has 3 aliphatic heterocycles. The number of rotatable bonds is 12. The van der Waals surface area contributed by atoms with Crippen LogP contribution in [0.3, 0.4) is 0 Å². The summed E-state index contributed by atoms with van der Waals surface area (Å²) in [4.78, 5) is 55.6. The van der Waals surface area contributed by atoms with E-state index in [4.69, 9.17) is 18.9 Å². The molecule has 2 N–H and O–H groups in total. The van der Waals surface area contributed by atoms with Crippen molar-refractivity contribution in [2.75, 3.05) is 13.1 Å². The van der Waals surface area contributed by atoms with Crippen LogP contribution in [0, 0.1) is 5.92 Å². The zero-order valence-corrected chi connectivity index (χ0v) is 34.0. The van der Waals surface area contributed by atoms with E-state index in [0.717, 1.165) is 58.3 Å². The van der Waals surface area contributed by atoms with E-state index in [1.807, 2.05) is 124 Å². The van der Waals surface area contributed by atoms with Gasteiger partial charge in [0.15, 0.2) is 6.29 Å². The molecular weight excluding hydrogens is 751 g/mol. The summed E-state index contributed by atoms with van der Waals surface area (Å²) in [6.07, 6.45) is -0.611. The number of nitrogens with zero attached hydrogens (tertiary/aromatic N) is 2. The van der Waals surface area contributed by atoms with Gasteiger partial charge in [0.25, 0.3) is 5.91 Å². The maximum Gasteiger partial charge on any atom is 0.408 e. The average Bonchev–Trinajstić information content (AvgIpc) is 3.80. The summed E-state index contributed by atoms with van der Waals surface area (Å²) in [5.41, 5.74) is 5.30. The van der Waals surface area contributed by atoms with Gasteiger partial charge in [-0.1, -0.05) is 110 Å². The van der Waals surface area contributed by atoms with Crippen molar-refractivity contribution in [2.45, 2.75) is 103 Å². The molecule has 0 aliphatic carbocycles. The summed E-state index contributed by atoms with van der Waals surface area (Å²) < 4.78 is 24.5. The summed E-state index contributed by atoms with van der Waals surface area (Å²) in [5.74, 6) is -1.15. The molecule has 12 nitrogen and oxygen atoms in total. The molecule has 0 radical (unpaired) electrons. The maximum absolute atomic E-state index is 13.4. The zero-order chi connectivity index (χ0) is 41.7. The Bertz CT molecular complexity index is 2100. The number of ether oxygens (including phenoxy) is 4. The molecule has 59 heavy (non-hydrogen) atoms. The highest BCUT2D eigenvalue weighted by atomic mass is 16.7. The van der Waals surface area contributed by atoms with Crippen LogP contribution < -0.4 is 5.32 Å². The predicted octanol–water partition coefficient (Wildman–Crippen LogP) is 7.00. The fourth-order valence-electron chi connectivity index (χ4n) is 8.04. The van der Waals surface area contributed by atoms with E-state index >= 15 is 0 Å². The van der Waals surface area contributed by atoms with Gasteiger partial charge in [-0.3, -0.25) is 24.2 Å². The summed E-state index contributed by atoms with van der Waals surface area (Å²) in [6, 6.07) is 31.1. The quantitative estimate of drug-likeness (QED) is 0.114. The van der Waals surface area contributed by atoms with E-state index in [9.17, 15) is 24.3 Å². The lowest BCUT2D eigenvalue weighted by Gasteiger charge is -2.43. The molecule has 3 heterocycles. The normalized spacial score (nSPS) is 23.6. The van der Waals surface area contributed by atoms with E-state index in [-0.39, 0.29) is 62.2 Å².